The fourth-order valence-corrected chi connectivity index (χ4v) is 3.20. The minimum atomic E-state index is -3.45. The average molecular weight is 307 g/mol. The second-order valence-corrected chi connectivity index (χ2v) is 6.79. The molecule has 2 rings (SSSR count). The average Bonchev–Trinajstić information content (AvgIpc) is 2.88. The summed E-state index contributed by atoms with van der Waals surface area (Å²) in [5.41, 5.74) is 3.15. The highest BCUT2D eigenvalue weighted by Crippen LogP contribution is 2.11. The van der Waals surface area contributed by atoms with Gasteiger partial charge < -0.3 is 10.3 Å². The lowest BCUT2D eigenvalue weighted by Crippen LogP contribution is -2.25. The topological polar surface area (TPSA) is 74.0 Å². The Morgan fingerprint density at radius 3 is 2.76 bits per heavy atom. The highest BCUT2D eigenvalue weighted by atomic mass is 32.2. The van der Waals surface area contributed by atoms with Gasteiger partial charge in [-0.1, -0.05) is 29.8 Å². The van der Waals surface area contributed by atoms with Gasteiger partial charge in [0.05, 0.1) is 4.90 Å². The number of aromatic nitrogens is 1. The van der Waals surface area contributed by atoms with E-state index in [2.05, 4.69) is 21.1 Å². The second-order valence-electron chi connectivity index (χ2n) is 5.03. The highest BCUT2D eigenvalue weighted by molar-refractivity contribution is 7.89. The summed E-state index contributed by atoms with van der Waals surface area (Å²) in [4.78, 5) is 3.22. The van der Waals surface area contributed by atoms with E-state index in [1.54, 1.807) is 6.07 Å². The van der Waals surface area contributed by atoms with Crippen LogP contribution in [0.1, 0.15) is 16.8 Å². The number of sulfonamides is 1. The van der Waals surface area contributed by atoms with Gasteiger partial charge in [0.2, 0.25) is 10.0 Å². The van der Waals surface area contributed by atoms with Gasteiger partial charge >= 0.3 is 0 Å². The van der Waals surface area contributed by atoms with Crippen molar-refractivity contribution in [3.63, 3.8) is 0 Å². The summed E-state index contributed by atoms with van der Waals surface area (Å²) >= 11 is 0. The monoisotopic (exact) mass is 307 g/mol. The molecule has 0 bridgehead atoms. The van der Waals surface area contributed by atoms with Crippen molar-refractivity contribution in [1.82, 2.24) is 15.0 Å². The van der Waals surface area contributed by atoms with Gasteiger partial charge in [-0.15, -0.1) is 0 Å². The number of aromatic amines is 1. The van der Waals surface area contributed by atoms with Gasteiger partial charge in [-0.05, 0) is 32.0 Å². The number of hydrogen-bond acceptors (Lipinski definition) is 3. The molecule has 0 atom stereocenters. The SMILES string of the molecule is CNCc1cc(S(=O)(=O)NCCc2cccc(C)c2)c[nH]1. The van der Waals surface area contributed by atoms with Crippen molar-refractivity contribution in [3.8, 4) is 0 Å². The number of benzene rings is 1. The molecule has 1 heterocycles. The molecular formula is C15H21N3O2S. The smallest absolute Gasteiger partial charge is 0.242 e. The highest BCUT2D eigenvalue weighted by Gasteiger charge is 2.15. The maximum absolute atomic E-state index is 12.2. The molecule has 0 radical (unpaired) electrons. The molecule has 2 aromatic rings. The van der Waals surface area contributed by atoms with Crippen LogP contribution in [0.4, 0.5) is 0 Å². The Bertz CT molecular complexity index is 692. The summed E-state index contributed by atoms with van der Waals surface area (Å²) in [6.07, 6.45) is 2.19. The maximum Gasteiger partial charge on any atom is 0.242 e. The summed E-state index contributed by atoms with van der Waals surface area (Å²) in [5.74, 6) is 0. The van der Waals surface area contributed by atoms with E-state index in [0.717, 1.165) is 11.3 Å². The molecular weight excluding hydrogens is 286 g/mol. The summed E-state index contributed by atoms with van der Waals surface area (Å²) in [7, 11) is -1.63. The summed E-state index contributed by atoms with van der Waals surface area (Å²) in [5, 5.41) is 2.97. The first-order valence-corrected chi connectivity index (χ1v) is 8.37. The lowest BCUT2D eigenvalue weighted by molar-refractivity contribution is 0.582. The molecule has 0 saturated heterocycles. The van der Waals surface area contributed by atoms with Gasteiger partial charge in [0.1, 0.15) is 0 Å². The molecule has 21 heavy (non-hydrogen) atoms. The van der Waals surface area contributed by atoms with E-state index < -0.39 is 10.0 Å². The number of H-pyrrole nitrogens is 1. The van der Waals surface area contributed by atoms with E-state index in [1.807, 2.05) is 32.2 Å². The second kappa shape index (κ2) is 6.89. The molecule has 0 unspecified atom stereocenters. The van der Waals surface area contributed by atoms with Crippen molar-refractivity contribution in [2.45, 2.75) is 24.8 Å². The van der Waals surface area contributed by atoms with Crippen molar-refractivity contribution in [2.75, 3.05) is 13.6 Å². The number of hydrogen-bond donors (Lipinski definition) is 3. The quantitative estimate of drug-likeness (QED) is 0.727. The zero-order chi connectivity index (χ0) is 15.3. The van der Waals surface area contributed by atoms with Gasteiger partial charge in [-0.2, -0.15) is 0 Å². The first-order chi connectivity index (χ1) is 10.0. The molecule has 0 aliphatic rings. The molecule has 0 aliphatic carbocycles. The van der Waals surface area contributed by atoms with Crippen LogP contribution in [0.3, 0.4) is 0 Å². The van der Waals surface area contributed by atoms with Crippen LogP contribution in [0.5, 0.6) is 0 Å². The van der Waals surface area contributed by atoms with Crippen LogP contribution < -0.4 is 10.0 Å². The van der Waals surface area contributed by atoms with Crippen molar-refractivity contribution in [3.05, 3.63) is 53.3 Å². The van der Waals surface area contributed by atoms with Crippen LogP contribution >= 0.6 is 0 Å². The Balaban J connectivity index is 1.94. The third kappa shape index (κ3) is 4.42. The third-order valence-corrected chi connectivity index (χ3v) is 4.62. The molecule has 114 valence electrons. The van der Waals surface area contributed by atoms with E-state index in [1.165, 1.54) is 11.8 Å². The first kappa shape index (κ1) is 15.8. The molecule has 0 saturated carbocycles. The zero-order valence-electron chi connectivity index (χ0n) is 12.3. The lowest BCUT2D eigenvalue weighted by atomic mass is 10.1. The van der Waals surface area contributed by atoms with Crippen LogP contribution in [0.2, 0.25) is 0 Å². The summed E-state index contributed by atoms with van der Waals surface area (Å²) < 4.78 is 26.9. The Morgan fingerprint density at radius 1 is 1.24 bits per heavy atom. The Morgan fingerprint density at radius 2 is 2.05 bits per heavy atom. The van der Waals surface area contributed by atoms with Crippen molar-refractivity contribution in [2.24, 2.45) is 0 Å². The zero-order valence-corrected chi connectivity index (χ0v) is 13.1. The molecule has 1 aromatic heterocycles. The first-order valence-electron chi connectivity index (χ1n) is 6.88. The standard InChI is InChI=1S/C15H21N3O2S/c1-12-4-3-5-13(8-12)6-7-18-21(19,20)15-9-14(10-16-2)17-11-15/h3-5,8-9,11,16-18H,6-7,10H2,1-2H3. The van der Waals surface area contributed by atoms with Crippen molar-refractivity contribution >= 4 is 10.0 Å². The van der Waals surface area contributed by atoms with Gasteiger partial charge in [0, 0.05) is 25.0 Å². The minimum absolute atomic E-state index is 0.275. The van der Waals surface area contributed by atoms with Gasteiger partial charge in [0.25, 0.3) is 0 Å². The van der Waals surface area contributed by atoms with E-state index in [9.17, 15) is 8.42 Å². The summed E-state index contributed by atoms with van der Waals surface area (Å²) in [6.45, 7) is 3.02. The summed E-state index contributed by atoms with van der Waals surface area (Å²) in [6, 6.07) is 9.72. The fourth-order valence-electron chi connectivity index (χ4n) is 2.15. The number of rotatable bonds is 7. The predicted molar refractivity (Wildman–Crippen MR) is 83.6 cm³/mol. The minimum Gasteiger partial charge on any atom is -0.363 e. The van der Waals surface area contributed by atoms with E-state index in [4.69, 9.17) is 0 Å². The lowest BCUT2D eigenvalue weighted by Gasteiger charge is -2.05. The van der Waals surface area contributed by atoms with Crippen LogP contribution in [-0.4, -0.2) is 27.0 Å². The van der Waals surface area contributed by atoms with Crippen molar-refractivity contribution in [1.29, 1.82) is 0 Å². The van der Waals surface area contributed by atoms with E-state index in [0.29, 0.717) is 19.5 Å². The largest absolute Gasteiger partial charge is 0.363 e. The molecule has 0 amide bonds. The van der Waals surface area contributed by atoms with Crippen LogP contribution in [0.25, 0.3) is 0 Å². The van der Waals surface area contributed by atoms with Crippen LogP contribution in [-0.2, 0) is 23.0 Å². The van der Waals surface area contributed by atoms with Crippen LogP contribution in [0, 0.1) is 6.92 Å². The predicted octanol–water partition coefficient (Wildman–Crippen LogP) is 1.56. The normalized spacial score (nSPS) is 11.7. The molecule has 1 aromatic carbocycles. The molecule has 5 nitrogen and oxygen atoms in total. The molecule has 0 aliphatic heterocycles. The molecule has 6 heteroatoms. The molecule has 0 fully saturated rings. The van der Waals surface area contributed by atoms with Gasteiger partial charge in [0.15, 0.2) is 0 Å². The van der Waals surface area contributed by atoms with Gasteiger partial charge in [-0.3, -0.25) is 0 Å². The maximum atomic E-state index is 12.2. The fraction of sp³-hybridized carbons (Fsp3) is 0.333. The molecule has 0 spiro atoms. The van der Waals surface area contributed by atoms with E-state index >= 15 is 0 Å². The number of aryl methyl sites for hydroxylation is 1. The van der Waals surface area contributed by atoms with Crippen LogP contribution in [0.15, 0.2) is 41.4 Å². The number of nitrogens with one attached hydrogen (secondary N) is 3. The Hall–Kier alpha value is -1.63. The Kier molecular flexibility index (Phi) is 5.17. The van der Waals surface area contributed by atoms with E-state index in [-0.39, 0.29) is 4.90 Å². The van der Waals surface area contributed by atoms with Crippen molar-refractivity contribution < 1.29 is 8.42 Å². The molecule has 3 N–H and O–H groups in total. The Labute approximate surface area is 125 Å². The third-order valence-electron chi connectivity index (χ3n) is 3.18. The van der Waals surface area contributed by atoms with Gasteiger partial charge in [-0.25, -0.2) is 13.1 Å².